The molecule has 0 spiro atoms. The normalized spacial score (nSPS) is 13.0. The van der Waals surface area contributed by atoms with E-state index in [-0.39, 0.29) is 5.92 Å². The average Bonchev–Trinajstić information content (AvgIpc) is 3.54. The quantitative estimate of drug-likeness (QED) is 0.0756. The van der Waals surface area contributed by atoms with E-state index in [1.807, 2.05) is 36.4 Å². The van der Waals surface area contributed by atoms with E-state index in [2.05, 4.69) is 160 Å². The van der Waals surface area contributed by atoms with Crippen molar-refractivity contribution in [1.82, 2.24) is 4.57 Å². The number of ether oxygens (including phenoxy) is 1. The first-order valence-electron chi connectivity index (χ1n) is 18.5. The van der Waals surface area contributed by atoms with Crippen LogP contribution >= 0.6 is 0 Å². The molecular weight excluding hydrogens is 647 g/mol. The van der Waals surface area contributed by atoms with Crippen LogP contribution in [0.1, 0.15) is 61.4 Å². The Morgan fingerprint density at radius 1 is 0.660 bits per heavy atom. The molecule has 0 aliphatic heterocycles. The van der Waals surface area contributed by atoms with E-state index < -0.39 is 0 Å². The van der Waals surface area contributed by atoms with Crippen molar-refractivity contribution in [2.24, 2.45) is 15.9 Å². The minimum Gasteiger partial charge on any atom is -0.457 e. The summed E-state index contributed by atoms with van der Waals surface area (Å²) in [4.78, 5) is 10.3. The number of amidine groups is 1. The van der Waals surface area contributed by atoms with Crippen molar-refractivity contribution in [2.45, 2.75) is 40.5 Å². The zero-order valence-electron chi connectivity index (χ0n) is 31.0. The third-order valence-electron chi connectivity index (χ3n) is 9.76. The molecule has 1 heterocycles. The summed E-state index contributed by atoms with van der Waals surface area (Å²) in [6, 6.07) is 52.4. The maximum absolute atomic E-state index is 6.69. The second-order valence-corrected chi connectivity index (χ2v) is 13.4. The van der Waals surface area contributed by atoms with Gasteiger partial charge in [-0.15, -0.1) is 0 Å². The van der Waals surface area contributed by atoms with Crippen molar-refractivity contribution in [1.29, 1.82) is 0 Å². The molecule has 262 valence electrons. The number of hydrogen-bond acceptors (Lipinski definition) is 2. The molecule has 0 fully saturated rings. The van der Waals surface area contributed by atoms with Crippen molar-refractivity contribution in [3.05, 3.63) is 192 Å². The molecule has 7 rings (SSSR count). The molecule has 1 aromatic heterocycles. The summed E-state index contributed by atoms with van der Waals surface area (Å²) in [5, 5.41) is 2.49. The van der Waals surface area contributed by atoms with E-state index in [4.69, 9.17) is 14.7 Å². The van der Waals surface area contributed by atoms with E-state index in [0.717, 1.165) is 63.6 Å². The smallest absolute Gasteiger partial charge is 0.160 e. The fraction of sp³-hybridized carbons (Fsp3) is 0.143. The summed E-state index contributed by atoms with van der Waals surface area (Å²) in [7, 11) is 0. The highest BCUT2D eigenvalue weighted by atomic mass is 16.5. The first kappa shape index (κ1) is 35.2. The minimum atomic E-state index is 0.240. The van der Waals surface area contributed by atoms with E-state index in [1.54, 1.807) is 0 Å². The third-order valence-corrected chi connectivity index (χ3v) is 9.76. The predicted molar refractivity (Wildman–Crippen MR) is 225 cm³/mol. The average molecular weight is 692 g/mol. The fourth-order valence-corrected chi connectivity index (χ4v) is 6.75. The molecule has 0 aliphatic carbocycles. The van der Waals surface area contributed by atoms with Gasteiger partial charge in [0, 0.05) is 27.6 Å². The number of aliphatic imine (C=N–C) groups is 2. The predicted octanol–water partition coefficient (Wildman–Crippen LogP) is 12.9. The van der Waals surface area contributed by atoms with Gasteiger partial charge in [-0.1, -0.05) is 149 Å². The highest BCUT2D eigenvalue weighted by Gasteiger charge is 2.17. The van der Waals surface area contributed by atoms with Crippen molar-refractivity contribution < 1.29 is 4.74 Å². The molecule has 0 N–H and O–H groups in total. The lowest BCUT2D eigenvalue weighted by Gasteiger charge is -2.16. The second kappa shape index (κ2) is 16.0. The molecule has 7 aromatic rings. The van der Waals surface area contributed by atoms with Crippen molar-refractivity contribution in [3.63, 3.8) is 0 Å². The molecule has 0 radical (unpaired) electrons. The van der Waals surface area contributed by atoms with Crippen LogP contribution in [-0.2, 0) is 0 Å². The van der Waals surface area contributed by atoms with E-state index in [0.29, 0.717) is 11.5 Å². The molecule has 6 aromatic carbocycles. The highest BCUT2D eigenvalue weighted by molar-refractivity contribution is 6.14. The van der Waals surface area contributed by atoms with Crippen LogP contribution in [0, 0.1) is 12.8 Å². The maximum Gasteiger partial charge on any atom is 0.160 e. The van der Waals surface area contributed by atoms with Gasteiger partial charge in [0.2, 0.25) is 0 Å². The maximum atomic E-state index is 6.69. The summed E-state index contributed by atoms with van der Waals surface area (Å²) >= 11 is 0. The van der Waals surface area contributed by atoms with Crippen molar-refractivity contribution in [3.8, 4) is 11.4 Å². The topological polar surface area (TPSA) is 38.9 Å². The van der Waals surface area contributed by atoms with Crippen LogP contribution in [0.15, 0.2) is 174 Å². The monoisotopic (exact) mass is 691 g/mol. The standard InChI is InChI=1S/C49H45N3O/c1-6-18-47(53-46-32-31-41(33-35(46)4)52-44-25-16-14-23-42(44)43-24-15-17-26-45(43)52)38-27-29-40(30-28-38)49(50-36(5)37-19-10-8-11-20-37)51-48(34(3)7-2)39-21-12-9-13-22-39/h8-34H,5-7H2,1-4H3/b47-18+,50-49-,51-48+. The number of aromatic nitrogens is 1. The number of para-hydroxylation sites is 2. The Bertz CT molecular complexity index is 2410. The molecule has 53 heavy (non-hydrogen) atoms. The number of nitrogens with zero attached hydrogens (tertiary/aromatic N) is 3. The molecule has 0 bridgehead atoms. The van der Waals surface area contributed by atoms with Crippen LogP contribution in [0.3, 0.4) is 0 Å². The Kier molecular flexibility index (Phi) is 10.6. The minimum absolute atomic E-state index is 0.240. The van der Waals surface area contributed by atoms with Gasteiger partial charge in [-0.05, 0) is 78.8 Å². The second-order valence-electron chi connectivity index (χ2n) is 13.4. The Hall–Kier alpha value is -6.26. The molecule has 1 atom stereocenters. The van der Waals surface area contributed by atoms with Gasteiger partial charge in [-0.2, -0.15) is 0 Å². The van der Waals surface area contributed by atoms with Gasteiger partial charge in [0.15, 0.2) is 5.84 Å². The van der Waals surface area contributed by atoms with Crippen LogP contribution in [0.25, 0.3) is 38.9 Å². The summed E-state index contributed by atoms with van der Waals surface area (Å²) < 4.78 is 9.02. The Balaban J connectivity index is 1.22. The van der Waals surface area contributed by atoms with Crippen LogP contribution in [0.5, 0.6) is 5.75 Å². The highest BCUT2D eigenvalue weighted by Crippen LogP contribution is 2.34. The van der Waals surface area contributed by atoms with Crippen LogP contribution in [0.2, 0.25) is 0 Å². The molecule has 0 amide bonds. The zero-order chi connectivity index (χ0) is 36.7. The SMILES string of the molecule is C=C(/N=C(\N=C(\c1ccccc1)C(C)CC)c1ccc(/C(=C\CC)Oc2ccc(-n3c4ccccc4c4ccccc43)cc2C)cc1)c1ccccc1. The number of aryl methyl sites for hydroxylation is 1. The van der Waals surface area contributed by atoms with Gasteiger partial charge < -0.3 is 9.30 Å². The lowest BCUT2D eigenvalue weighted by atomic mass is 9.96. The molecule has 1 unspecified atom stereocenters. The van der Waals surface area contributed by atoms with Gasteiger partial charge in [0.05, 0.1) is 22.4 Å². The molecule has 4 nitrogen and oxygen atoms in total. The summed E-state index contributed by atoms with van der Waals surface area (Å²) in [6.07, 6.45) is 3.93. The number of fused-ring (bicyclic) bond motifs is 3. The first-order valence-corrected chi connectivity index (χ1v) is 18.5. The molecular formula is C49H45N3O. The van der Waals surface area contributed by atoms with Crippen LogP contribution < -0.4 is 4.74 Å². The van der Waals surface area contributed by atoms with Gasteiger partial charge in [-0.25, -0.2) is 9.98 Å². The van der Waals surface area contributed by atoms with Gasteiger partial charge >= 0.3 is 0 Å². The van der Waals surface area contributed by atoms with Gasteiger partial charge in [-0.3, -0.25) is 0 Å². The Morgan fingerprint density at radius 3 is 1.81 bits per heavy atom. The number of benzene rings is 6. The van der Waals surface area contributed by atoms with Gasteiger partial charge in [0.25, 0.3) is 0 Å². The number of rotatable bonds is 11. The van der Waals surface area contributed by atoms with Crippen molar-refractivity contribution >= 4 is 44.8 Å². The molecule has 0 saturated carbocycles. The summed E-state index contributed by atoms with van der Waals surface area (Å²) in [5.41, 5.74) is 10.2. The Morgan fingerprint density at radius 2 is 1.23 bits per heavy atom. The summed E-state index contributed by atoms with van der Waals surface area (Å²) in [6.45, 7) is 13.0. The van der Waals surface area contributed by atoms with Crippen molar-refractivity contribution in [2.75, 3.05) is 0 Å². The largest absolute Gasteiger partial charge is 0.457 e. The summed E-state index contributed by atoms with van der Waals surface area (Å²) in [5.74, 6) is 2.50. The molecule has 0 aliphatic rings. The third kappa shape index (κ3) is 7.54. The zero-order valence-corrected chi connectivity index (χ0v) is 31.0. The lowest BCUT2D eigenvalue weighted by molar-refractivity contribution is 0.509. The Labute approximate surface area is 313 Å². The van der Waals surface area contributed by atoms with Crippen LogP contribution in [0.4, 0.5) is 0 Å². The first-order chi connectivity index (χ1) is 25.9. The number of hydrogen-bond donors (Lipinski definition) is 0. The number of allylic oxidation sites excluding steroid dienone is 1. The van der Waals surface area contributed by atoms with E-state index >= 15 is 0 Å². The van der Waals surface area contributed by atoms with E-state index in [9.17, 15) is 0 Å². The molecule has 0 saturated heterocycles. The molecule has 4 heteroatoms. The lowest BCUT2D eigenvalue weighted by Crippen LogP contribution is -2.15. The fourth-order valence-electron chi connectivity index (χ4n) is 6.75. The van der Waals surface area contributed by atoms with Crippen LogP contribution in [-0.4, -0.2) is 16.1 Å². The van der Waals surface area contributed by atoms with Gasteiger partial charge in [0.1, 0.15) is 11.5 Å². The van der Waals surface area contributed by atoms with E-state index in [1.165, 1.54) is 21.8 Å².